The van der Waals surface area contributed by atoms with Crippen LogP contribution in [0, 0.1) is 10.1 Å². The van der Waals surface area contributed by atoms with Crippen molar-refractivity contribution in [3.05, 3.63) is 52.4 Å². The Morgan fingerprint density at radius 3 is 2.64 bits per heavy atom. The quantitative estimate of drug-likeness (QED) is 0.361. The lowest BCUT2D eigenvalue weighted by molar-refractivity contribution is -0.384. The molecule has 8 heteroatoms. The molecule has 2 rings (SSSR count). The van der Waals surface area contributed by atoms with Crippen LogP contribution in [0.25, 0.3) is 11.5 Å². The largest absolute Gasteiger partial charge is 0.449 e. The van der Waals surface area contributed by atoms with Crippen molar-refractivity contribution in [2.75, 3.05) is 0 Å². The predicted octanol–water partition coefficient (Wildman–Crippen LogP) is 2.83. The first kappa shape index (κ1) is 15.4. The number of nitrogens with zero attached hydrogens (tertiary/aromatic N) is 3. The smallest absolute Gasteiger partial charge is 0.331 e. The number of ether oxygens (including phenoxy) is 1. The fourth-order valence-electron chi connectivity index (χ4n) is 1.64. The summed E-state index contributed by atoms with van der Waals surface area (Å²) in [7, 11) is 0. The van der Waals surface area contributed by atoms with Crippen LogP contribution in [0.5, 0.6) is 0 Å². The molecule has 22 heavy (non-hydrogen) atoms. The molecule has 1 heterocycles. The molecule has 1 unspecified atom stereocenters. The number of nitro benzene ring substituents is 1. The third kappa shape index (κ3) is 3.54. The molecule has 1 aromatic carbocycles. The summed E-state index contributed by atoms with van der Waals surface area (Å²) in [6, 6.07) is 5.70. The van der Waals surface area contributed by atoms with E-state index in [0.717, 1.165) is 0 Å². The van der Waals surface area contributed by atoms with Crippen molar-refractivity contribution < 1.29 is 18.9 Å². The maximum absolute atomic E-state index is 11.3. The van der Waals surface area contributed by atoms with Crippen molar-refractivity contribution in [3.63, 3.8) is 0 Å². The highest BCUT2D eigenvalue weighted by molar-refractivity contribution is 5.81. The molecule has 0 aliphatic rings. The van der Waals surface area contributed by atoms with Crippen molar-refractivity contribution in [3.8, 4) is 11.5 Å². The molecule has 0 saturated carbocycles. The van der Waals surface area contributed by atoms with Gasteiger partial charge in [-0.05, 0) is 26.0 Å². The van der Waals surface area contributed by atoms with Crippen LogP contribution in [-0.4, -0.2) is 21.1 Å². The first-order valence-electron chi connectivity index (χ1n) is 6.42. The van der Waals surface area contributed by atoms with E-state index in [9.17, 15) is 14.9 Å². The maximum atomic E-state index is 11.3. The average Bonchev–Trinajstić information content (AvgIpc) is 2.97. The van der Waals surface area contributed by atoms with Crippen molar-refractivity contribution >= 4 is 11.7 Å². The van der Waals surface area contributed by atoms with Crippen LogP contribution in [-0.2, 0) is 9.53 Å². The average molecular weight is 303 g/mol. The van der Waals surface area contributed by atoms with Gasteiger partial charge in [-0.25, -0.2) is 4.79 Å². The summed E-state index contributed by atoms with van der Waals surface area (Å²) in [6.07, 6.45) is 2.15. The van der Waals surface area contributed by atoms with Crippen molar-refractivity contribution in [2.24, 2.45) is 0 Å². The van der Waals surface area contributed by atoms with E-state index in [1.54, 1.807) is 19.9 Å². The summed E-state index contributed by atoms with van der Waals surface area (Å²) in [5.74, 6) is -0.171. The van der Waals surface area contributed by atoms with Gasteiger partial charge in [0.05, 0.1) is 4.92 Å². The predicted molar refractivity (Wildman–Crippen MR) is 75.7 cm³/mol. The van der Waals surface area contributed by atoms with Gasteiger partial charge in [0, 0.05) is 23.8 Å². The SMILES string of the molecule is C/C=C/C(=O)OC(C)c1nnc(-c2ccc([N+](=O)[O-])cc2)o1. The van der Waals surface area contributed by atoms with E-state index in [1.807, 2.05) is 0 Å². The van der Waals surface area contributed by atoms with Gasteiger partial charge in [-0.2, -0.15) is 0 Å². The third-order valence-corrected chi connectivity index (χ3v) is 2.71. The Bertz CT molecular complexity index is 706. The summed E-state index contributed by atoms with van der Waals surface area (Å²) < 4.78 is 10.5. The fourth-order valence-corrected chi connectivity index (χ4v) is 1.64. The number of non-ortho nitro benzene ring substituents is 1. The molecule has 1 atom stereocenters. The van der Waals surface area contributed by atoms with E-state index in [2.05, 4.69) is 10.2 Å². The molecule has 2 aromatic rings. The van der Waals surface area contributed by atoms with E-state index in [0.29, 0.717) is 5.56 Å². The highest BCUT2D eigenvalue weighted by Gasteiger charge is 2.18. The van der Waals surface area contributed by atoms with E-state index in [1.165, 1.54) is 30.3 Å². The van der Waals surface area contributed by atoms with Gasteiger partial charge in [0.25, 0.3) is 11.6 Å². The Morgan fingerprint density at radius 2 is 2.05 bits per heavy atom. The lowest BCUT2D eigenvalue weighted by Crippen LogP contribution is -2.06. The summed E-state index contributed by atoms with van der Waals surface area (Å²) in [5.41, 5.74) is 0.508. The number of aromatic nitrogens is 2. The minimum Gasteiger partial charge on any atom is -0.449 e. The lowest BCUT2D eigenvalue weighted by Gasteiger charge is -2.06. The van der Waals surface area contributed by atoms with Gasteiger partial charge < -0.3 is 9.15 Å². The van der Waals surface area contributed by atoms with Gasteiger partial charge in [-0.1, -0.05) is 6.08 Å². The third-order valence-electron chi connectivity index (χ3n) is 2.71. The topological polar surface area (TPSA) is 108 Å². The van der Waals surface area contributed by atoms with Crippen molar-refractivity contribution in [1.82, 2.24) is 10.2 Å². The highest BCUT2D eigenvalue weighted by atomic mass is 16.6. The number of rotatable bonds is 5. The zero-order valence-corrected chi connectivity index (χ0v) is 11.9. The zero-order chi connectivity index (χ0) is 16.1. The highest BCUT2D eigenvalue weighted by Crippen LogP contribution is 2.24. The van der Waals surface area contributed by atoms with Crippen LogP contribution in [0.15, 0.2) is 40.8 Å². The Labute approximate surface area is 125 Å². The Morgan fingerprint density at radius 1 is 1.36 bits per heavy atom. The van der Waals surface area contributed by atoms with Gasteiger partial charge in [-0.3, -0.25) is 10.1 Å². The number of hydrogen-bond acceptors (Lipinski definition) is 7. The van der Waals surface area contributed by atoms with Crippen LogP contribution in [0.4, 0.5) is 5.69 Å². The minimum atomic E-state index is -0.692. The van der Waals surface area contributed by atoms with E-state index >= 15 is 0 Å². The Kier molecular flexibility index (Phi) is 4.62. The molecule has 0 aliphatic heterocycles. The number of nitro groups is 1. The molecule has 0 N–H and O–H groups in total. The van der Waals surface area contributed by atoms with E-state index < -0.39 is 17.0 Å². The first-order chi connectivity index (χ1) is 10.5. The lowest BCUT2D eigenvalue weighted by atomic mass is 10.2. The van der Waals surface area contributed by atoms with Gasteiger partial charge >= 0.3 is 5.97 Å². The van der Waals surface area contributed by atoms with Gasteiger partial charge in [0.15, 0.2) is 6.10 Å². The molecule has 0 radical (unpaired) electrons. The number of carbonyl (C=O) groups is 1. The molecule has 0 fully saturated rings. The molecule has 0 aliphatic carbocycles. The van der Waals surface area contributed by atoms with Crippen LogP contribution >= 0.6 is 0 Å². The molecule has 0 saturated heterocycles. The number of allylic oxidation sites excluding steroid dienone is 1. The number of carbonyl (C=O) groups excluding carboxylic acids is 1. The monoisotopic (exact) mass is 303 g/mol. The number of benzene rings is 1. The first-order valence-corrected chi connectivity index (χ1v) is 6.42. The second-order valence-electron chi connectivity index (χ2n) is 4.33. The summed E-state index contributed by atoms with van der Waals surface area (Å²) in [4.78, 5) is 21.4. The Hall–Kier alpha value is -3.03. The summed E-state index contributed by atoms with van der Waals surface area (Å²) >= 11 is 0. The summed E-state index contributed by atoms with van der Waals surface area (Å²) in [6.45, 7) is 3.31. The zero-order valence-electron chi connectivity index (χ0n) is 11.9. The number of hydrogen-bond donors (Lipinski definition) is 0. The summed E-state index contributed by atoms with van der Waals surface area (Å²) in [5, 5.41) is 18.2. The second-order valence-corrected chi connectivity index (χ2v) is 4.33. The van der Waals surface area contributed by atoms with Gasteiger partial charge in [0.2, 0.25) is 5.89 Å². The Balaban J connectivity index is 2.13. The molecule has 0 amide bonds. The fraction of sp³-hybridized carbons (Fsp3) is 0.214. The standard InChI is InChI=1S/C14H13N3O5/c1-3-4-12(18)21-9(2)13-15-16-14(22-13)10-5-7-11(8-6-10)17(19)20/h3-9H,1-2H3/b4-3+. The normalized spacial score (nSPS) is 12.3. The molecule has 0 spiro atoms. The van der Waals surface area contributed by atoms with Crippen molar-refractivity contribution in [2.45, 2.75) is 20.0 Å². The van der Waals surface area contributed by atoms with Crippen LogP contribution in [0.1, 0.15) is 25.8 Å². The van der Waals surface area contributed by atoms with Crippen LogP contribution in [0.3, 0.4) is 0 Å². The molecule has 0 bridgehead atoms. The molecule has 114 valence electrons. The van der Waals surface area contributed by atoms with Gasteiger partial charge in [-0.15, -0.1) is 10.2 Å². The van der Waals surface area contributed by atoms with Crippen molar-refractivity contribution in [1.29, 1.82) is 0 Å². The second kappa shape index (κ2) is 6.61. The maximum Gasteiger partial charge on any atom is 0.331 e. The minimum absolute atomic E-state index is 0.0304. The molecular weight excluding hydrogens is 290 g/mol. The molecular formula is C14H13N3O5. The molecule has 1 aromatic heterocycles. The van der Waals surface area contributed by atoms with Crippen LogP contribution < -0.4 is 0 Å². The number of esters is 1. The molecule has 8 nitrogen and oxygen atoms in total. The van der Waals surface area contributed by atoms with E-state index in [4.69, 9.17) is 9.15 Å². The van der Waals surface area contributed by atoms with E-state index in [-0.39, 0.29) is 17.5 Å². The van der Waals surface area contributed by atoms with Gasteiger partial charge in [0.1, 0.15) is 0 Å². The van der Waals surface area contributed by atoms with Crippen LogP contribution in [0.2, 0.25) is 0 Å².